The van der Waals surface area contributed by atoms with Crippen molar-refractivity contribution < 1.29 is 19.4 Å². The molecule has 0 aromatic carbocycles. The van der Waals surface area contributed by atoms with Crippen molar-refractivity contribution in [2.75, 3.05) is 6.54 Å². The Labute approximate surface area is 108 Å². The summed E-state index contributed by atoms with van der Waals surface area (Å²) >= 11 is 0. The van der Waals surface area contributed by atoms with Gasteiger partial charge in [-0.15, -0.1) is 0 Å². The first-order valence-electron chi connectivity index (χ1n) is 6.13. The molecule has 0 aliphatic heterocycles. The van der Waals surface area contributed by atoms with Crippen LogP contribution < -0.4 is 5.32 Å². The Kier molecular flexibility index (Phi) is 7.27. The summed E-state index contributed by atoms with van der Waals surface area (Å²) in [6.07, 6.45) is 3.95. The summed E-state index contributed by atoms with van der Waals surface area (Å²) < 4.78 is 5.80. The van der Waals surface area contributed by atoms with Crippen LogP contribution in [0.5, 0.6) is 0 Å². The van der Waals surface area contributed by atoms with Crippen LogP contribution in [0.4, 0.5) is 0 Å². The molecular weight excluding hydrogens is 234 g/mol. The quantitative estimate of drug-likeness (QED) is 0.649. The van der Waals surface area contributed by atoms with E-state index in [1.54, 1.807) is 0 Å². The maximum atomic E-state index is 11.3. The fourth-order valence-electron chi connectivity index (χ4n) is 1.56. The minimum absolute atomic E-state index is 0.136. The van der Waals surface area contributed by atoms with Crippen LogP contribution in [0, 0.1) is 0 Å². The third-order valence-electron chi connectivity index (χ3n) is 2.28. The zero-order valence-electron chi connectivity index (χ0n) is 11.5. The topological polar surface area (TPSA) is 75.6 Å². The molecule has 1 amide bonds. The highest BCUT2D eigenvalue weighted by atomic mass is 16.5. The number of carboxylic acids is 1. The molecule has 0 aliphatic rings. The van der Waals surface area contributed by atoms with Crippen LogP contribution in [0.2, 0.25) is 0 Å². The molecular formula is C13H23NO4. The number of hydrogen-bond acceptors (Lipinski definition) is 3. The molecule has 1 atom stereocenters. The molecule has 0 saturated heterocycles. The summed E-state index contributed by atoms with van der Waals surface area (Å²) in [5.41, 5.74) is -0.471. The van der Waals surface area contributed by atoms with Crippen molar-refractivity contribution in [2.45, 2.75) is 52.2 Å². The van der Waals surface area contributed by atoms with Gasteiger partial charge in [0.25, 0.3) is 0 Å². The molecule has 0 aromatic heterocycles. The standard InChI is InChI=1S/C13H23NO4/c1-5-6-10(2)18-13(3,4)9-14-11(15)7-8-12(16)17/h7-8,10H,5-6,9H2,1-4H3,(H,14,15)(H,16,17)/b8-7-. The van der Waals surface area contributed by atoms with Crippen LogP contribution in [0.3, 0.4) is 0 Å². The molecule has 0 fully saturated rings. The summed E-state index contributed by atoms with van der Waals surface area (Å²) in [6, 6.07) is 0. The number of carbonyl (C=O) groups is 2. The van der Waals surface area contributed by atoms with Crippen LogP contribution in [0.25, 0.3) is 0 Å². The average molecular weight is 257 g/mol. The minimum atomic E-state index is -1.14. The third-order valence-corrected chi connectivity index (χ3v) is 2.28. The largest absolute Gasteiger partial charge is 0.478 e. The van der Waals surface area contributed by atoms with Crippen molar-refractivity contribution in [2.24, 2.45) is 0 Å². The number of carbonyl (C=O) groups excluding carboxylic acids is 1. The molecule has 5 nitrogen and oxygen atoms in total. The molecule has 0 saturated carbocycles. The van der Waals surface area contributed by atoms with Crippen molar-refractivity contribution >= 4 is 11.9 Å². The van der Waals surface area contributed by atoms with Gasteiger partial charge in [-0.1, -0.05) is 13.3 Å². The number of amides is 1. The molecule has 0 aliphatic carbocycles. The van der Waals surface area contributed by atoms with Gasteiger partial charge in [0.15, 0.2) is 0 Å². The van der Waals surface area contributed by atoms with Crippen LogP contribution >= 0.6 is 0 Å². The maximum Gasteiger partial charge on any atom is 0.328 e. The van der Waals surface area contributed by atoms with E-state index in [-0.39, 0.29) is 6.10 Å². The Morgan fingerprint density at radius 2 is 2.00 bits per heavy atom. The van der Waals surface area contributed by atoms with Gasteiger partial charge in [0.05, 0.1) is 11.7 Å². The fourth-order valence-corrected chi connectivity index (χ4v) is 1.56. The van der Waals surface area contributed by atoms with E-state index in [1.807, 2.05) is 20.8 Å². The van der Waals surface area contributed by atoms with Crippen molar-refractivity contribution in [3.05, 3.63) is 12.2 Å². The van der Waals surface area contributed by atoms with Gasteiger partial charge in [-0.2, -0.15) is 0 Å². The second-order valence-electron chi connectivity index (χ2n) is 4.87. The van der Waals surface area contributed by atoms with E-state index < -0.39 is 17.5 Å². The molecule has 0 rings (SSSR count). The minimum Gasteiger partial charge on any atom is -0.478 e. The highest BCUT2D eigenvalue weighted by molar-refractivity contribution is 5.93. The van der Waals surface area contributed by atoms with E-state index in [0.29, 0.717) is 6.54 Å². The van der Waals surface area contributed by atoms with Gasteiger partial charge < -0.3 is 15.2 Å². The Bertz CT molecular complexity index is 310. The predicted octanol–water partition coefficient (Wildman–Crippen LogP) is 1.73. The monoisotopic (exact) mass is 257 g/mol. The number of ether oxygens (including phenoxy) is 1. The van der Waals surface area contributed by atoms with E-state index in [9.17, 15) is 9.59 Å². The van der Waals surface area contributed by atoms with E-state index in [0.717, 1.165) is 25.0 Å². The van der Waals surface area contributed by atoms with Crippen molar-refractivity contribution in [1.29, 1.82) is 0 Å². The van der Waals surface area contributed by atoms with E-state index in [1.165, 1.54) is 0 Å². The fraction of sp³-hybridized carbons (Fsp3) is 0.692. The number of carboxylic acid groups (broad SMARTS) is 1. The lowest BCUT2D eigenvalue weighted by molar-refractivity contribution is -0.131. The van der Waals surface area contributed by atoms with E-state index in [4.69, 9.17) is 9.84 Å². The normalized spacial score (nSPS) is 13.6. The second-order valence-corrected chi connectivity index (χ2v) is 4.87. The maximum absolute atomic E-state index is 11.3. The molecule has 0 radical (unpaired) electrons. The van der Waals surface area contributed by atoms with Gasteiger partial charge in [0, 0.05) is 18.7 Å². The number of rotatable bonds is 8. The van der Waals surface area contributed by atoms with E-state index >= 15 is 0 Å². The molecule has 18 heavy (non-hydrogen) atoms. The van der Waals surface area contributed by atoms with Crippen LogP contribution in [-0.4, -0.2) is 35.2 Å². The van der Waals surface area contributed by atoms with Crippen molar-refractivity contribution in [3.63, 3.8) is 0 Å². The molecule has 2 N–H and O–H groups in total. The number of hydrogen-bond donors (Lipinski definition) is 2. The SMILES string of the molecule is CCCC(C)OC(C)(C)CNC(=O)/C=C\C(=O)O. The lowest BCUT2D eigenvalue weighted by atomic mass is 10.1. The Hall–Kier alpha value is -1.36. The van der Waals surface area contributed by atoms with Crippen LogP contribution in [-0.2, 0) is 14.3 Å². The number of nitrogens with one attached hydrogen (secondary N) is 1. The van der Waals surface area contributed by atoms with Gasteiger partial charge >= 0.3 is 5.97 Å². The second kappa shape index (κ2) is 7.87. The van der Waals surface area contributed by atoms with Gasteiger partial charge in [0.1, 0.15) is 0 Å². The molecule has 0 heterocycles. The summed E-state index contributed by atoms with van der Waals surface area (Å²) in [6.45, 7) is 8.20. The smallest absolute Gasteiger partial charge is 0.328 e. The lowest BCUT2D eigenvalue weighted by Gasteiger charge is -2.29. The first-order valence-corrected chi connectivity index (χ1v) is 6.13. The van der Waals surface area contributed by atoms with Gasteiger partial charge in [-0.3, -0.25) is 4.79 Å². The molecule has 5 heteroatoms. The molecule has 0 aromatic rings. The Balaban J connectivity index is 4.09. The van der Waals surface area contributed by atoms with Crippen molar-refractivity contribution in [1.82, 2.24) is 5.32 Å². The summed E-state index contributed by atoms with van der Waals surface area (Å²) in [4.78, 5) is 21.5. The highest BCUT2D eigenvalue weighted by Gasteiger charge is 2.21. The molecule has 104 valence electrons. The van der Waals surface area contributed by atoms with E-state index in [2.05, 4.69) is 12.2 Å². The molecule has 0 spiro atoms. The van der Waals surface area contributed by atoms with Crippen molar-refractivity contribution in [3.8, 4) is 0 Å². The third kappa shape index (κ3) is 8.75. The van der Waals surface area contributed by atoms with Gasteiger partial charge in [-0.05, 0) is 27.2 Å². The highest BCUT2D eigenvalue weighted by Crippen LogP contribution is 2.14. The first kappa shape index (κ1) is 16.6. The first-order chi connectivity index (χ1) is 8.26. The van der Waals surface area contributed by atoms with Gasteiger partial charge in [-0.25, -0.2) is 4.79 Å². The predicted molar refractivity (Wildman–Crippen MR) is 69.3 cm³/mol. The number of aliphatic carboxylic acids is 1. The summed E-state index contributed by atoms with van der Waals surface area (Å²) in [5, 5.41) is 11.0. The van der Waals surface area contributed by atoms with Gasteiger partial charge in [0.2, 0.25) is 5.91 Å². The molecule has 1 unspecified atom stereocenters. The summed E-state index contributed by atoms with van der Waals surface area (Å²) in [5.74, 6) is -1.57. The average Bonchev–Trinajstić information content (AvgIpc) is 2.23. The van der Waals surface area contributed by atoms with Crippen LogP contribution in [0.15, 0.2) is 12.2 Å². The Morgan fingerprint density at radius 3 is 2.50 bits per heavy atom. The summed E-state index contributed by atoms with van der Waals surface area (Å²) in [7, 11) is 0. The lowest BCUT2D eigenvalue weighted by Crippen LogP contribution is -2.41. The molecule has 0 bridgehead atoms. The zero-order valence-corrected chi connectivity index (χ0v) is 11.5. The van der Waals surface area contributed by atoms with Crippen LogP contribution in [0.1, 0.15) is 40.5 Å². The zero-order chi connectivity index (χ0) is 14.2. The Morgan fingerprint density at radius 1 is 1.39 bits per heavy atom.